The van der Waals surface area contributed by atoms with Gasteiger partial charge in [-0.2, -0.15) is 0 Å². The first-order valence-electron chi connectivity index (χ1n) is 24.6. The molecule has 0 atom stereocenters. The number of nitrogens with zero attached hydrogens (tertiary/aromatic N) is 2. The molecule has 0 spiro atoms. The molecule has 0 aliphatic carbocycles. The van der Waals surface area contributed by atoms with Crippen LogP contribution in [0.1, 0.15) is 0 Å². The molecule has 72 heavy (non-hydrogen) atoms. The van der Waals surface area contributed by atoms with Crippen LogP contribution in [0.15, 0.2) is 303 Å². The van der Waals surface area contributed by atoms with Crippen LogP contribution in [0.5, 0.6) is 0 Å². The molecule has 0 saturated heterocycles. The maximum absolute atomic E-state index is 2.42. The van der Waals surface area contributed by atoms with Gasteiger partial charge >= 0.3 is 0 Å². The zero-order chi connectivity index (χ0) is 48.1. The fourth-order valence-electron chi connectivity index (χ4n) is 9.94. The van der Waals surface area contributed by atoms with Crippen LogP contribution in [0.3, 0.4) is 0 Å². The summed E-state index contributed by atoms with van der Waals surface area (Å²) in [6.45, 7) is 0. The standard InChI is InChI=1S/C70H50N2/c1-5-16-51(17-6-1)57-32-40-64(41-33-57)71(65-42-34-58(35-43-65)52-18-7-2-8-19-52)66-44-36-59(37-45-66)55-28-30-56(31-29-55)60-38-46-67(47-39-60)72(70-27-15-25-61-24-13-14-26-69(61)70)68-49-62(53-20-9-3-10-21-53)48-63(50-68)54-22-11-4-12-23-54/h1-50H. The van der Waals surface area contributed by atoms with Crippen LogP contribution >= 0.6 is 0 Å². The summed E-state index contributed by atoms with van der Waals surface area (Å²) in [4.78, 5) is 4.75. The lowest BCUT2D eigenvalue weighted by Gasteiger charge is -2.28. The van der Waals surface area contributed by atoms with Gasteiger partial charge in [0.25, 0.3) is 0 Å². The first-order valence-corrected chi connectivity index (χ1v) is 24.6. The third kappa shape index (κ3) is 9.09. The first-order chi connectivity index (χ1) is 35.7. The molecule has 0 saturated carbocycles. The molecule has 0 aliphatic heterocycles. The summed E-state index contributed by atoms with van der Waals surface area (Å²) in [6, 6.07) is 109. The number of rotatable bonds is 12. The van der Waals surface area contributed by atoms with E-state index < -0.39 is 0 Å². The van der Waals surface area contributed by atoms with E-state index in [1.807, 2.05) is 0 Å². The van der Waals surface area contributed by atoms with Crippen molar-refractivity contribution in [3.8, 4) is 66.8 Å². The molecule has 0 heterocycles. The van der Waals surface area contributed by atoms with E-state index in [9.17, 15) is 0 Å². The van der Waals surface area contributed by atoms with Gasteiger partial charge in [-0.3, -0.25) is 0 Å². The summed E-state index contributed by atoms with van der Waals surface area (Å²) in [5, 5.41) is 2.40. The molecular formula is C70H50N2. The highest BCUT2D eigenvalue weighted by molar-refractivity contribution is 6.00. The average molecular weight is 919 g/mol. The minimum atomic E-state index is 1.09. The lowest BCUT2D eigenvalue weighted by atomic mass is 9.96. The van der Waals surface area contributed by atoms with E-state index in [2.05, 4.69) is 313 Å². The second-order valence-electron chi connectivity index (χ2n) is 18.2. The lowest BCUT2D eigenvalue weighted by molar-refractivity contribution is 1.28. The van der Waals surface area contributed by atoms with E-state index >= 15 is 0 Å². The van der Waals surface area contributed by atoms with Gasteiger partial charge in [0.2, 0.25) is 0 Å². The SMILES string of the molecule is c1ccc(-c2ccc(N(c3ccc(-c4ccccc4)cc3)c3ccc(-c4ccc(-c5ccc(N(c6cc(-c7ccccc7)cc(-c7ccccc7)c6)c6cccc7ccccc67)cc5)cc4)cc3)cc2)cc1. The Kier molecular flexibility index (Phi) is 12.1. The number of fused-ring (bicyclic) bond motifs is 1. The zero-order valence-corrected chi connectivity index (χ0v) is 39.8. The Morgan fingerprint density at radius 3 is 0.819 bits per heavy atom. The molecule has 0 radical (unpaired) electrons. The van der Waals surface area contributed by atoms with Crippen molar-refractivity contribution in [1.29, 1.82) is 0 Å². The topological polar surface area (TPSA) is 6.48 Å². The number of hydrogen-bond acceptors (Lipinski definition) is 2. The second kappa shape index (κ2) is 19.8. The van der Waals surface area contributed by atoms with Gasteiger partial charge in [0.15, 0.2) is 0 Å². The van der Waals surface area contributed by atoms with E-state index in [4.69, 9.17) is 0 Å². The van der Waals surface area contributed by atoms with Crippen LogP contribution in [0, 0.1) is 0 Å². The normalized spacial score (nSPS) is 11.1. The highest BCUT2D eigenvalue weighted by Gasteiger charge is 2.19. The van der Waals surface area contributed by atoms with Gasteiger partial charge in [0.1, 0.15) is 0 Å². The van der Waals surface area contributed by atoms with E-state index in [-0.39, 0.29) is 0 Å². The first kappa shape index (κ1) is 43.8. The summed E-state index contributed by atoms with van der Waals surface area (Å²) in [5.41, 5.74) is 20.8. The molecule has 0 aliphatic rings. The Balaban J connectivity index is 0.852. The zero-order valence-electron chi connectivity index (χ0n) is 39.8. The Morgan fingerprint density at radius 2 is 0.444 bits per heavy atom. The predicted octanol–water partition coefficient (Wildman–Crippen LogP) is 19.8. The molecule has 12 rings (SSSR count). The number of anilines is 6. The van der Waals surface area contributed by atoms with E-state index in [0.717, 1.165) is 45.3 Å². The minimum Gasteiger partial charge on any atom is -0.311 e. The molecule has 2 heteroatoms. The molecule has 0 N–H and O–H groups in total. The summed E-state index contributed by atoms with van der Waals surface area (Å²) in [5.74, 6) is 0. The van der Waals surface area contributed by atoms with Crippen molar-refractivity contribution in [2.24, 2.45) is 0 Å². The van der Waals surface area contributed by atoms with Crippen molar-refractivity contribution in [2.75, 3.05) is 9.80 Å². The third-order valence-electron chi connectivity index (χ3n) is 13.7. The maximum atomic E-state index is 2.42. The van der Waals surface area contributed by atoms with Crippen molar-refractivity contribution in [2.45, 2.75) is 0 Å². The Morgan fingerprint density at radius 1 is 0.167 bits per heavy atom. The molecule has 2 nitrogen and oxygen atoms in total. The van der Waals surface area contributed by atoms with Gasteiger partial charge in [-0.15, -0.1) is 0 Å². The maximum Gasteiger partial charge on any atom is 0.0540 e. The molecule has 12 aromatic carbocycles. The van der Waals surface area contributed by atoms with Crippen molar-refractivity contribution in [1.82, 2.24) is 0 Å². The van der Waals surface area contributed by atoms with Gasteiger partial charge in [-0.25, -0.2) is 0 Å². The molecule has 0 amide bonds. The minimum absolute atomic E-state index is 1.09. The highest BCUT2D eigenvalue weighted by atomic mass is 15.1. The third-order valence-corrected chi connectivity index (χ3v) is 13.7. The summed E-state index contributed by atoms with van der Waals surface area (Å²) < 4.78 is 0. The van der Waals surface area contributed by atoms with Crippen LogP contribution in [-0.4, -0.2) is 0 Å². The van der Waals surface area contributed by atoms with Crippen molar-refractivity contribution in [3.05, 3.63) is 303 Å². The summed E-state index contributed by atoms with van der Waals surface area (Å²) >= 11 is 0. The fraction of sp³-hybridized carbons (Fsp3) is 0. The monoisotopic (exact) mass is 918 g/mol. The van der Waals surface area contributed by atoms with E-state index in [1.54, 1.807) is 0 Å². The van der Waals surface area contributed by atoms with Crippen LogP contribution in [0.4, 0.5) is 34.1 Å². The van der Waals surface area contributed by atoms with Gasteiger partial charge in [-0.1, -0.05) is 231 Å². The summed E-state index contributed by atoms with van der Waals surface area (Å²) in [7, 11) is 0. The predicted molar refractivity (Wildman–Crippen MR) is 306 cm³/mol. The van der Waals surface area contributed by atoms with Crippen molar-refractivity contribution >= 4 is 44.9 Å². The summed E-state index contributed by atoms with van der Waals surface area (Å²) in [6.07, 6.45) is 0. The van der Waals surface area contributed by atoms with Crippen molar-refractivity contribution in [3.63, 3.8) is 0 Å². The molecule has 0 bridgehead atoms. The molecule has 12 aromatic rings. The Hall–Kier alpha value is -9.50. The van der Waals surface area contributed by atoms with Crippen molar-refractivity contribution < 1.29 is 0 Å². The second-order valence-corrected chi connectivity index (χ2v) is 18.2. The quantitative estimate of drug-likeness (QED) is 0.120. The molecule has 0 fully saturated rings. The molecule has 0 aromatic heterocycles. The smallest absolute Gasteiger partial charge is 0.0540 e. The van der Waals surface area contributed by atoms with Crippen LogP contribution in [0.25, 0.3) is 77.5 Å². The van der Waals surface area contributed by atoms with Crippen LogP contribution in [-0.2, 0) is 0 Å². The Bertz CT molecular complexity index is 3580. The molecule has 340 valence electrons. The van der Waals surface area contributed by atoms with Gasteiger partial charge in [0, 0.05) is 33.8 Å². The van der Waals surface area contributed by atoms with Gasteiger partial charge < -0.3 is 9.80 Å². The lowest BCUT2D eigenvalue weighted by Crippen LogP contribution is -2.11. The average Bonchev–Trinajstić information content (AvgIpc) is 3.47. The Labute approximate surface area is 422 Å². The molecule has 0 unspecified atom stereocenters. The molecular weight excluding hydrogens is 869 g/mol. The highest BCUT2D eigenvalue weighted by Crippen LogP contribution is 2.43. The fourth-order valence-corrected chi connectivity index (χ4v) is 9.94. The largest absolute Gasteiger partial charge is 0.311 e. The van der Waals surface area contributed by atoms with E-state index in [0.29, 0.717) is 0 Å². The van der Waals surface area contributed by atoms with Crippen LogP contribution in [0.2, 0.25) is 0 Å². The van der Waals surface area contributed by atoms with Crippen LogP contribution < -0.4 is 9.80 Å². The van der Waals surface area contributed by atoms with Gasteiger partial charge in [0.05, 0.1) is 5.69 Å². The number of hydrogen-bond donors (Lipinski definition) is 0. The number of benzene rings is 12. The van der Waals surface area contributed by atoms with Gasteiger partial charge in [-0.05, 0) is 145 Å². The van der Waals surface area contributed by atoms with E-state index in [1.165, 1.54) is 66.4 Å².